The Labute approximate surface area is 93.8 Å². The number of carbonyl (C=O) groups is 1. The predicted molar refractivity (Wildman–Crippen MR) is 61.1 cm³/mol. The molecule has 0 fully saturated rings. The molecule has 0 saturated heterocycles. The lowest BCUT2D eigenvalue weighted by Gasteiger charge is -2.15. The van der Waals surface area contributed by atoms with Crippen molar-refractivity contribution in [3.05, 3.63) is 28.8 Å². The summed E-state index contributed by atoms with van der Waals surface area (Å²) in [5.41, 5.74) is 1.67. The highest BCUT2D eigenvalue weighted by Crippen LogP contribution is 2.36. The first-order valence-electron chi connectivity index (χ1n) is 4.95. The van der Waals surface area contributed by atoms with E-state index in [0.717, 1.165) is 11.3 Å². The first-order valence-corrected chi connectivity index (χ1v) is 5.32. The largest absolute Gasteiger partial charge is 0.324 e. The molecule has 0 radical (unpaired) electrons. The lowest BCUT2D eigenvalue weighted by molar-refractivity contribution is -0.117. The first kappa shape index (κ1) is 10.5. The molecule has 3 nitrogen and oxygen atoms in total. The van der Waals surface area contributed by atoms with Crippen LogP contribution in [0.4, 0.5) is 5.69 Å². The van der Waals surface area contributed by atoms with Crippen LogP contribution >= 0.6 is 11.6 Å². The molecule has 1 unspecified atom stereocenters. The zero-order valence-corrected chi connectivity index (χ0v) is 9.43. The Morgan fingerprint density at radius 2 is 2.20 bits per heavy atom. The molecule has 2 N–H and O–H groups in total. The minimum atomic E-state index is -0.325. The smallest absolute Gasteiger partial charge is 0.246 e. The molecule has 1 aliphatic heterocycles. The summed E-state index contributed by atoms with van der Waals surface area (Å²) < 4.78 is 0. The van der Waals surface area contributed by atoms with Gasteiger partial charge in [0.1, 0.15) is 6.04 Å². The molecule has 15 heavy (non-hydrogen) atoms. The van der Waals surface area contributed by atoms with Crippen LogP contribution in [0.2, 0.25) is 5.02 Å². The summed E-state index contributed by atoms with van der Waals surface area (Å²) in [5, 5.41) is 6.63. The standard InChI is InChI=1S/C11H13ClN2O/c1-6(2)13-10-9-7(12)4-3-5-8(9)14-11(10)15/h3-6,10,13H,1-2H3,(H,14,15). The molecule has 1 heterocycles. The van der Waals surface area contributed by atoms with Crippen molar-refractivity contribution >= 4 is 23.2 Å². The van der Waals surface area contributed by atoms with Gasteiger partial charge in [-0.1, -0.05) is 17.7 Å². The van der Waals surface area contributed by atoms with Gasteiger partial charge in [0.05, 0.1) is 0 Å². The van der Waals surface area contributed by atoms with Crippen molar-refractivity contribution in [2.75, 3.05) is 5.32 Å². The van der Waals surface area contributed by atoms with Crippen molar-refractivity contribution in [1.29, 1.82) is 0 Å². The zero-order valence-electron chi connectivity index (χ0n) is 8.67. The predicted octanol–water partition coefficient (Wildman–Crippen LogP) is 2.33. The van der Waals surface area contributed by atoms with Crippen LogP contribution < -0.4 is 10.6 Å². The normalized spacial score (nSPS) is 19.2. The molecule has 0 saturated carbocycles. The van der Waals surface area contributed by atoms with Crippen LogP contribution in [-0.4, -0.2) is 11.9 Å². The lowest BCUT2D eigenvalue weighted by Crippen LogP contribution is -2.32. The van der Waals surface area contributed by atoms with Crippen LogP contribution in [0.5, 0.6) is 0 Å². The zero-order chi connectivity index (χ0) is 11.0. The van der Waals surface area contributed by atoms with E-state index >= 15 is 0 Å². The maximum Gasteiger partial charge on any atom is 0.246 e. The number of hydrogen-bond acceptors (Lipinski definition) is 2. The van der Waals surface area contributed by atoms with Crippen molar-refractivity contribution in [1.82, 2.24) is 5.32 Å². The van der Waals surface area contributed by atoms with Gasteiger partial charge in [-0.25, -0.2) is 0 Å². The van der Waals surface area contributed by atoms with E-state index in [1.165, 1.54) is 0 Å². The Morgan fingerprint density at radius 3 is 2.87 bits per heavy atom. The van der Waals surface area contributed by atoms with Crippen LogP contribution in [0.25, 0.3) is 0 Å². The average molecular weight is 225 g/mol. The van der Waals surface area contributed by atoms with Crippen molar-refractivity contribution in [3.8, 4) is 0 Å². The van der Waals surface area contributed by atoms with Gasteiger partial charge in [0, 0.05) is 22.3 Å². The molecule has 0 aliphatic carbocycles. The summed E-state index contributed by atoms with van der Waals surface area (Å²) >= 11 is 6.08. The molecule has 1 aliphatic rings. The number of halogens is 1. The fourth-order valence-electron chi connectivity index (χ4n) is 1.77. The number of carbonyl (C=O) groups excluding carboxylic acids is 1. The highest BCUT2D eigenvalue weighted by atomic mass is 35.5. The van der Waals surface area contributed by atoms with E-state index in [4.69, 9.17) is 11.6 Å². The third-order valence-corrected chi connectivity index (χ3v) is 2.69. The molecule has 0 bridgehead atoms. The van der Waals surface area contributed by atoms with Crippen molar-refractivity contribution in [3.63, 3.8) is 0 Å². The average Bonchev–Trinajstić information content (AvgIpc) is 2.43. The van der Waals surface area contributed by atoms with Crippen molar-refractivity contribution in [2.45, 2.75) is 25.9 Å². The maximum atomic E-state index is 11.7. The second kappa shape index (κ2) is 3.83. The number of hydrogen-bond donors (Lipinski definition) is 2. The van der Waals surface area contributed by atoms with Gasteiger partial charge in [-0.2, -0.15) is 0 Å². The SMILES string of the molecule is CC(C)NC1C(=O)Nc2cccc(Cl)c21. The number of amides is 1. The van der Waals surface area contributed by atoms with E-state index in [0.29, 0.717) is 5.02 Å². The topological polar surface area (TPSA) is 41.1 Å². The van der Waals surface area contributed by atoms with Gasteiger partial charge < -0.3 is 5.32 Å². The van der Waals surface area contributed by atoms with E-state index < -0.39 is 0 Å². The fraction of sp³-hybridized carbons (Fsp3) is 0.364. The van der Waals surface area contributed by atoms with Gasteiger partial charge in [-0.05, 0) is 26.0 Å². The number of fused-ring (bicyclic) bond motifs is 1. The van der Waals surface area contributed by atoms with E-state index in [-0.39, 0.29) is 18.0 Å². The van der Waals surface area contributed by atoms with Gasteiger partial charge in [0.25, 0.3) is 0 Å². The molecular weight excluding hydrogens is 212 g/mol. The van der Waals surface area contributed by atoms with Crippen LogP contribution in [0.15, 0.2) is 18.2 Å². The minimum Gasteiger partial charge on any atom is -0.324 e. The number of nitrogens with one attached hydrogen (secondary N) is 2. The number of anilines is 1. The molecule has 2 rings (SSSR count). The van der Waals surface area contributed by atoms with Crippen LogP contribution in [0, 0.1) is 0 Å². The van der Waals surface area contributed by atoms with Crippen LogP contribution in [-0.2, 0) is 4.79 Å². The van der Waals surface area contributed by atoms with E-state index in [9.17, 15) is 4.79 Å². The Bertz CT molecular complexity index is 404. The van der Waals surface area contributed by atoms with Gasteiger partial charge in [-0.15, -0.1) is 0 Å². The molecule has 80 valence electrons. The third kappa shape index (κ3) is 1.85. The van der Waals surface area contributed by atoms with E-state index in [1.807, 2.05) is 26.0 Å². The molecular formula is C11H13ClN2O. The van der Waals surface area contributed by atoms with Crippen molar-refractivity contribution in [2.24, 2.45) is 0 Å². The molecule has 0 spiro atoms. The molecule has 1 aromatic carbocycles. The fourth-order valence-corrected chi connectivity index (χ4v) is 2.05. The Morgan fingerprint density at radius 1 is 1.47 bits per heavy atom. The second-order valence-electron chi connectivity index (χ2n) is 3.94. The van der Waals surface area contributed by atoms with E-state index in [2.05, 4.69) is 10.6 Å². The van der Waals surface area contributed by atoms with Crippen molar-refractivity contribution < 1.29 is 4.79 Å². The highest BCUT2D eigenvalue weighted by molar-refractivity contribution is 6.32. The summed E-state index contributed by atoms with van der Waals surface area (Å²) in [6.07, 6.45) is 0. The maximum absolute atomic E-state index is 11.7. The van der Waals surface area contributed by atoms with E-state index in [1.54, 1.807) is 6.07 Å². The molecule has 1 amide bonds. The first-order chi connectivity index (χ1) is 7.09. The van der Waals surface area contributed by atoms with Gasteiger partial charge in [0.15, 0.2) is 0 Å². The molecule has 1 aromatic rings. The Kier molecular flexibility index (Phi) is 2.67. The quantitative estimate of drug-likeness (QED) is 0.810. The molecule has 4 heteroatoms. The monoisotopic (exact) mass is 224 g/mol. The summed E-state index contributed by atoms with van der Waals surface area (Å²) in [6, 6.07) is 5.41. The lowest BCUT2D eigenvalue weighted by atomic mass is 10.1. The van der Waals surface area contributed by atoms with Gasteiger partial charge in [-0.3, -0.25) is 10.1 Å². The minimum absolute atomic E-state index is 0.0354. The number of benzene rings is 1. The van der Waals surface area contributed by atoms with Gasteiger partial charge in [0.2, 0.25) is 5.91 Å². The Balaban J connectivity index is 2.39. The van der Waals surface area contributed by atoms with Gasteiger partial charge >= 0.3 is 0 Å². The molecule has 0 aromatic heterocycles. The summed E-state index contributed by atoms with van der Waals surface area (Å²) in [4.78, 5) is 11.7. The summed E-state index contributed by atoms with van der Waals surface area (Å²) in [6.45, 7) is 4.00. The summed E-state index contributed by atoms with van der Waals surface area (Å²) in [5.74, 6) is -0.0354. The highest BCUT2D eigenvalue weighted by Gasteiger charge is 2.32. The second-order valence-corrected chi connectivity index (χ2v) is 4.35. The van der Waals surface area contributed by atoms with Crippen LogP contribution in [0.3, 0.4) is 0 Å². The Hall–Kier alpha value is -1.06. The molecule has 1 atom stereocenters. The third-order valence-electron chi connectivity index (χ3n) is 2.36. The summed E-state index contributed by atoms with van der Waals surface area (Å²) in [7, 11) is 0. The number of rotatable bonds is 2. The van der Waals surface area contributed by atoms with Crippen LogP contribution in [0.1, 0.15) is 25.5 Å².